The molecule has 1 aromatic rings. The normalized spacial score (nSPS) is 13.9. The van der Waals surface area contributed by atoms with Crippen LogP contribution in [0.15, 0.2) is 24.3 Å². The Balaban J connectivity index is 0.00000625. The Morgan fingerprint density at radius 2 is 1.81 bits per heavy atom. The predicted molar refractivity (Wildman–Crippen MR) is 99.9 cm³/mol. The van der Waals surface area contributed by atoms with Gasteiger partial charge in [0, 0.05) is 18.0 Å². The van der Waals surface area contributed by atoms with Crippen LogP contribution in [0.1, 0.15) is 45.7 Å². The first-order valence-corrected chi connectivity index (χ1v) is 8.12. The molecule has 0 radical (unpaired) electrons. The van der Waals surface area contributed by atoms with Crippen LogP contribution in [0.3, 0.4) is 0 Å². The zero-order chi connectivity index (χ0) is 19.1. The Hall–Kier alpha value is -2.19. The summed E-state index contributed by atoms with van der Waals surface area (Å²) in [5.74, 6) is -1.44. The molecule has 0 heterocycles. The first-order chi connectivity index (χ1) is 11.6. The first-order valence-electron chi connectivity index (χ1n) is 8.12. The highest BCUT2D eigenvalue weighted by molar-refractivity contribution is 5.85. The van der Waals surface area contributed by atoms with Crippen molar-refractivity contribution in [3.05, 3.63) is 39.9 Å². The van der Waals surface area contributed by atoms with Crippen LogP contribution in [0, 0.1) is 16.0 Å². The zero-order valence-electron chi connectivity index (χ0n) is 15.3. The molecule has 0 aromatic heterocycles. The Bertz CT molecular complexity index is 637. The molecule has 3 atom stereocenters. The topological polar surface area (TPSA) is 125 Å². The second kappa shape index (κ2) is 10.7. The summed E-state index contributed by atoms with van der Waals surface area (Å²) in [7, 11) is 0. The van der Waals surface area contributed by atoms with Gasteiger partial charge in [-0.15, -0.1) is 12.4 Å². The molecule has 3 N–H and O–H groups in total. The molecule has 0 fully saturated rings. The van der Waals surface area contributed by atoms with Crippen LogP contribution in [-0.4, -0.2) is 28.9 Å². The van der Waals surface area contributed by atoms with Crippen LogP contribution >= 0.6 is 12.4 Å². The molecule has 0 saturated carbocycles. The van der Waals surface area contributed by atoms with E-state index in [0.717, 1.165) is 0 Å². The quantitative estimate of drug-likeness (QED) is 0.401. The predicted octanol–water partition coefficient (Wildman–Crippen LogP) is 2.50. The Morgan fingerprint density at radius 1 is 1.23 bits per heavy atom. The molecule has 9 heteroatoms. The molecular weight excluding hydrogens is 362 g/mol. The molecular formula is C17H26ClN3O5. The van der Waals surface area contributed by atoms with E-state index in [9.17, 15) is 19.7 Å². The second-order valence-electron chi connectivity index (χ2n) is 6.27. The van der Waals surface area contributed by atoms with Crippen molar-refractivity contribution in [2.45, 2.75) is 52.3 Å². The van der Waals surface area contributed by atoms with Crippen molar-refractivity contribution in [1.29, 1.82) is 0 Å². The van der Waals surface area contributed by atoms with E-state index in [0.29, 0.717) is 0 Å². The van der Waals surface area contributed by atoms with E-state index < -0.39 is 28.9 Å². The molecule has 3 unspecified atom stereocenters. The summed E-state index contributed by atoms with van der Waals surface area (Å²) in [6.07, 6.45) is -0.530. The van der Waals surface area contributed by atoms with Gasteiger partial charge < -0.3 is 15.8 Å². The minimum absolute atomic E-state index is 0. The lowest BCUT2D eigenvalue weighted by molar-refractivity contribution is -0.385. The third-order valence-corrected chi connectivity index (χ3v) is 3.77. The molecule has 0 bridgehead atoms. The van der Waals surface area contributed by atoms with Crippen LogP contribution in [0.5, 0.6) is 0 Å². The molecule has 0 aliphatic carbocycles. The lowest BCUT2D eigenvalue weighted by Crippen LogP contribution is -2.41. The van der Waals surface area contributed by atoms with Gasteiger partial charge in [-0.2, -0.15) is 0 Å². The van der Waals surface area contributed by atoms with Gasteiger partial charge in [-0.3, -0.25) is 19.7 Å². The lowest BCUT2D eigenvalue weighted by atomic mass is 9.98. The number of benzene rings is 1. The van der Waals surface area contributed by atoms with Crippen LogP contribution in [0.2, 0.25) is 0 Å². The van der Waals surface area contributed by atoms with E-state index in [-0.39, 0.29) is 42.1 Å². The number of nitro groups is 1. The van der Waals surface area contributed by atoms with Crippen molar-refractivity contribution >= 4 is 30.0 Å². The van der Waals surface area contributed by atoms with E-state index in [2.05, 4.69) is 5.32 Å². The Kier molecular flexibility index (Phi) is 9.82. The van der Waals surface area contributed by atoms with Gasteiger partial charge >= 0.3 is 5.97 Å². The summed E-state index contributed by atoms with van der Waals surface area (Å²) >= 11 is 0. The number of hydrogen-bond donors (Lipinski definition) is 2. The van der Waals surface area contributed by atoms with Crippen LogP contribution in [0.4, 0.5) is 5.69 Å². The number of nitro benzene ring substituents is 1. The molecule has 146 valence electrons. The molecule has 0 aliphatic rings. The van der Waals surface area contributed by atoms with Gasteiger partial charge in [-0.25, -0.2) is 0 Å². The van der Waals surface area contributed by atoms with Crippen LogP contribution < -0.4 is 11.1 Å². The molecule has 1 aromatic carbocycles. The monoisotopic (exact) mass is 387 g/mol. The summed E-state index contributed by atoms with van der Waals surface area (Å²) < 4.78 is 5.11. The van der Waals surface area contributed by atoms with Crippen molar-refractivity contribution in [3.63, 3.8) is 0 Å². The summed E-state index contributed by atoms with van der Waals surface area (Å²) in [6, 6.07) is 4.72. The van der Waals surface area contributed by atoms with Gasteiger partial charge in [-0.1, -0.05) is 25.1 Å². The van der Waals surface area contributed by atoms with Crippen molar-refractivity contribution in [2.75, 3.05) is 0 Å². The molecule has 0 saturated heterocycles. The maximum atomic E-state index is 12.3. The maximum Gasteiger partial charge on any atom is 0.308 e. The lowest BCUT2D eigenvalue weighted by Gasteiger charge is -2.22. The number of hydrogen-bond acceptors (Lipinski definition) is 6. The molecule has 0 aliphatic heterocycles. The number of amides is 1. The summed E-state index contributed by atoms with van der Waals surface area (Å²) in [6.45, 7) is 6.75. The zero-order valence-corrected chi connectivity index (χ0v) is 16.1. The fraction of sp³-hybridized carbons (Fsp3) is 0.529. The molecule has 26 heavy (non-hydrogen) atoms. The number of halogens is 1. The van der Waals surface area contributed by atoms with E-state index in [1.807, 2.05) is 0 Å². The number of carbonyl (C=O) groups is 2. The molecule has 1 rings (SSSR count). The number of carbonyl (C=O) groups excluding carboxylic acids is 2. The number of nitrogens with two attached hydrogens (primary N) is 1. The van der Waals surface area contributed by atoms with E-state index in [1.54, 1.807) is 33.8 Å². The average molecular weight is 388 g/mol. The highest BCUT2D eigenvalue weighted by Gasteiger charge is 2.28. The summed E-state index contributed by atoms with van der Waals surface area (Å²) in [5, 5.41) is 14.0. The van der Waals surface area contributed by atoms with Crippen LogP contribution in [-0.2, 0) is 14.3 Å². The highest BCUT2D eigenvalue weighted by Crippen LogP contribution is 2.28. The fourth-order valence-corrected chi connectivity index (χ4v) is 2.21. The summed E-state index contributed by atoms with van der Waals surface area (Å²) in [5.41, 5.74) is 5.82. The van der Waals surface area contributed by atoms with Gasteiger partial charge in [0.2, 0.25) is 5.91 Å². The Labute approximate surface area is 159 Å². The van der Waals surface area contributed by atoms with Crippen LogP contribution in [0.25, 0.3) is 0 Å². The number of nitrogens with one attached hydrogen (secondary N) is 1. The van der Waals surface area contributed by atoms with E-state index >= 15 is 0 Å². The number of rotatable bonds is 8. The first kappa shape index (κ1) is 23.8. The fourth-order valence-electron chi connectivity index (χ4n) is 2.21. The second-order valence-corrected chi connectivity index (χ2v) is 6.27. The number of ether oxygens (including phenoxy) is 1. The van der Waals surface area contributed by atoms with Gasteiger partial charge in [0.25, 0.3) is 5.69 Å². The SMILES string of the molecule is CC(C)OC(=O)CC(NC(=O)C(C)C(C)N)c1ccccc1[N+](=O)[O-].Cl. The van der Waals surface area contributed by atoms with Gasteiger partial charge in [0.05, 0.1) is 29.1 Å². The van der Waals surface area contributed by atoms with Gasteiger partial charge in [0.15, 0.2) is 0 Å². The molecule has 0 spiro atoms. The van der Waals surface area contributed by atoms with E-state index in [4.69, 9.17) is 10.5 Å². The van der Waals surface area contributed by atoms with Crippen molar-refractivity contribution < 1.29 is 19.2 Å². The third kappa shape index (κ3) is 6.97. The largest absolute Gasteiger partial charge is 0.463 e. The van der Waals surface area contributed by atoms with Gasteiger partial charge in [0.1, 0.15) is 0 Å². The molecule has 8 nitrogen and oxygen atoms in total. The smallest absolute Gasteiger partial charge is 0.308 e. The molecule has 1 amide bonds. The number of nitrogens with zero attached hydrogens (tertiary/aromatic N) is 1. The minimum atomic E-state index is -0.874. The average Bonchev–Trinajstić information content (AvgIpc) is 2.52. The van der Waals surface area contributed by atoms with E-state index in [1.165, 1.54) is 18.2 Å². The number of esters is 1. The number of para-hydroxylation sites is 1. The van der Waals surface area contributed by atoms with Crippen molar-refractivity contribution in [1.82, 2.24) is 5.32 Å². The third-order valence-electron chi connectivity index (χ3n) is 3.77. The highest BCUT2D eigenvalue weighted by atomic mass is 35.5. The van der Waals surface area contributed by atoms with Crippen molar-refractivity contribution in [2.24, 2.45) is 11.7 Å². The standard InChI is InChI=1S/C17H25N3O5.ClH/c1-10(2)25-16(21)9-14(19-17(22)11(3)12(4)18)13-7-5-6-8-15(13)20(23)24;/h5-8,10-12,14H,9,18H2,1-4H3,(H,19,22);1H. The minimum Gasteiger partial charge on any atom is -0.463 e. The Morgan fingerprint density at radius 3 is 2.31 bits per heavy atom. The van der Waals surface area contributed by atoms with Crippen molar-refractivity contribution in [3.8, 4) is 0 Å². The van der Waals surface area contributed by atoms with Gasteiger partial charge in [-0.05, 0) is 20.8 Å². The maximum absolute atomic E-state index is 12.3. The summed E-state index contributed by atoms with van der Waals surface area (Å²) in [4.78, 5) is 35.1.